The summed E-state index contributed by atoms with van der Waals surface area (Å²) in [5, 5.41) is 9.64. The van der Waals surface area contributed by atoms with Gasteiger partial charge in [0, 0.05) is 0 Å². The molecule has 1 unspecified atom stereocenters. The third-order valence-electron chi connectivity index (χ3n) is 2.26. The molecule has 0 amide bonds. The van der Waals surface area contributed by atoms with Gasteiger partial charge in [0.25, 0.3) is 0 Å². The molecule has 0 aliphatic rings. The molecular formula is C10H23KO. The van der Waals surface area contributed by atoms with Crippen molar-refractivity contribution in [1.82, 2.24) is 0 Å². The van der Waals surface area contributed by atoms with E-state index < -0.39 is 5.60 Å². The first-order chi connectivity index (χ1) is 4.98. The van der Waals surface area contributed by atoms with Crippen LogP contribution >= 0.6 is 0 Å². The Kier molecular flexibility index (Phi) is 10.6. The van der Waals surface area contributed by atoms with Gasteiger partial charge in [-0.25, -0.2) is 0 Å². The number of aliphatic hydroxyl groups is 1. The third kappa shape index (κ3) is 9.68. The zero-order valence-corrected chi connectivity index (χ0v) is 8.35. The van der Waals surface area contributed by atoms with Gasteiger partial charge in [-0.2, -0.15) is 0 Å². The van der Waals surface area contributed by atoms with E-state index in [1.807, 2.05) is 13.8 Å². The van der Waals surface area contributed by atoms with Gasteiger partial charge < -0.3 is 5.11 Å². The molecule has 12 heavy (non-hydrogen) atoms. The van der Waals surface area contributed by atoms with Gasteiger partial charge in [-0.3, -0.25) is 0 Å². The summed E-state index contributed by atoms with van der Waals surface area (Å²) in [4.78, 5) is 0. The fourth-order valence-electron chi connectivity index (χ4n) is 1.07. The molecule has 0 aliphatic carbocycles. The van der Waals surface area contributed by atoms with Crippen LogP contribution in [-0.4, -0.2) is 62.1 Å². The van der Waals surface area contributed by atoms with Crippen LogP contribution in [0.5, 0.6) is 0 Å². The van der Waals surface area contributed by atoms with Crippen molar-refractivity contribution < 1.29 is 5.11 Å². The Balaban J connectivity index is 0. The quantitative estimate of drug-likeness (QED) is 0.672. The van der Waals surface area contributed by atoms with E-state index in [0.29, 0.717) is 0 Å². The van der Waals surface area contributed by atoms with E-state index in [2.05, 4.69) is 13.8 Å². The Morgan fingerprint density at radius 1 is 1.33 bits per heavy atom. The predicted octanol–water partition coefficient (Wildman–Crippen LogP) is 2.33. The molecule has 0 heterocycles. The summed E-state index contributed by atoms with van der Waals surface area (Å²) in [5.41, 5.74) is -0.422. The second-order valence-electron chi connectivity index (χ2n) is 4.14. The molecule has 0 saturated carbocycles. The zero-order chi connectivity index (χ0) is 8.91. The average Bonchev–Trinajstić information content (AvgIpc) is 1.87. The zero-order valence-electron chi connectivity index (χ0n) is 8.35. The minimum atomic E-state index is -0.422. The molecule has 0 aliphatic heterocycles. The first-order valence-electron chi connectivity index (χ1n) is 4.70. The fraction of sp³-hybridized carbons (Fsp3) is 1.00. The van der Waals surface area contributed by atoms with E-state index in [1.54, 1.807) is 0 Å². The molecule has 0 aromatic carbocycles. The van der Waals surface area contributed by atoms with Gasteiger partial charge in [0.1, 0.15) is 0 Å². The Labute approximate surface area is 120 Å². The molecule has 2 heteroatoms. The van der Waals surface area contributed by atoms with E-state index >= 15 is 0 Å². The minimum absolute atomic E-state index is 0. The summed E-state index contributed by atoms with van der Waals surface area (Å²) >= 11 is 0. The SMILES string of the molecule is CCC(C)(O)CCCC(C)C.[KH]. The molecule has 1 atom stereocenters. The van der Waals surface area contributed by atoms with E-state index in [4.69, 9.17) is 0 Å². The first-order valence-corrected chi connectivity index (χ1v) is 4.70. The van der Waals surface area contributed by atoms with Crippen LogP contribution in [-0.2, 0) is 0 Å². The summed E-state index contributed by atoms with van der Waals surface area (Å²) < 4.78 is 0. The van der Waals surface area contributed by atoms with Crippen LogP contribution in [0.25, 0.3) is 0 Å². The van der Waals surface area contributed by atoms with Crippen molar-refractivity contribution in [3.63, 3.8) is 0 Å². The number of rotatable bonds is 5. The Morgan fingerprint density at radius 3 is 2.17 bits per heavy atom. The van der Waals surface area contributed by atoms with Crippen LogP contribution in [0, 0.1) is 5.92 Å². The van der Waals surface area contributed by atoms with Gasteiger partial charge >= 0.3 is 51.4 Å². The monoisotopic (exact) mass is 198 g/mol. The van der Waals surface area contributed by atoms with Crippen molar-refractivity contribution in [2.45, 2.75) is 59.0 Å². The molecule has 0 aromatic heterocycles. The maximum atomic E-state index is 9.64. The van der Waals surface area contributed by atoms with Crippen LogP contribution in [0.3, 0.4) is 0 Å². The first kappa shape index (κ1) is 16.0. The van der Waals surface area contributed by atoms with Gasteiger partial charge in [-0.1, -0.05) is 33.6 Å². The van der Waals surface area contributed by atoms with Crippen molar-refractivity contribution in [3.05, 3.63) is 0 Å². The summed E-state index contributed by atoms with van der Waals surface area (Å²) in [6.07, 6.45) is 4.20. The van der Waals surface area contributed by atoms with Crippen LogP contribution in [0.4, 0.5) is 0 Å². The van der Waals surface area contributed by atoms with Crippen molar-refractivity contribution in [2.24, 2.45) is 5.92 Å². The molecule has 0 radical (unpaired) electrons. The second kappa shape index (κ2) is 7.95. The topological polar surface area (TPSA) is 20.2 Å². The average molecular weight is 198 g/mol. The summed E-state index contributed by atoms with van der Waals surface area (Å²) in [7, 11) is 0. The van der Waals surface area contributed by atoms with Gasteiger partial charge in [0.2, 0.25) is 0 Å². The predicted molar refractivity (Wildman–Crippen MR) is 56.8 cm³/mol. The molecule has 0 saturated heterocycles. The van der Waals surface area contributed by atoms with E-state index in [-0.39, 0.29) is 51.4 Å². The Hall–Kier alpha value is 1.60. The van der Waals surface area contributed by atoms with E-state index in [9.17, 15) is 5.11 Å². The van der Waals surface area contributed by atoms with E-state index in [1.165, 1.54) is 6.42 Å². The molecule has 0 aromatic rings. The molecule has 0 spiro atoms. The summed E-state index contributed by atoms with van der Waals surface area (Å²) in [6, 6.07) is 0. The maximum absolute atomic E-state index is 9.64. The third-order valence-corrected chi connectivity index (χ3v) is 2.26. The normalized spacial score (nSPS) is 15.5. The molecular weight excluding hydrogens is 175 g/mol. The summed E-state index contributed by atoms with van der Waals surface area (Å²) in [6.45, 7) is 8.41. The van der Waals surface area contributed by atoms with E-state index in [0.717, 1.165) is 25.2 Å². The molecule has 0 fully saturated rings. The van der Waals surface area contributed by atoms with Gasteiger partial charge in [-0.05, 0) is 25.7 Å². The van der Waals surface area contributed by atoms with Crippen LogP contribution < -0.4 is 0 Å². The second-order valence-corrected chi connectivity index (χ2v) is 4.14. The molecule has 1 nitrogen and oxygen atoms in total. The Bertz CT molecular complexity index is 100. The van der Waals surface area contributed by atoms with Crippen LogP contribution in [0.15, 0.2) is 0 Å². The molecule has 0 rings (SSSR count). The van der Waals surface area contributed by atoms with Crippen molar-refractivity contribution in [2.75, 3.05) is 0 Å². The van der Waals surface area contributed by atoms with Gasteiger partial charge in [0.05, 0.1) is 5.60 Å². The molecule has 1 N–H and O–H groups in total. The molecule has 0 bridgehead atoms. The van der Waals surface area contributed by atoms with Crippen LogP contribution in [0.2, 0.25) is 0 Å². The summed E-state index contributed by atoms with van der Waals surface area (Å²) in [5.74, 6) is 0.766. The van der Waals surface area contributed by atoms with Gasteiger partial charge in [0.15, 0.2) is 0 Å². The Morgan fingerprint density at radius 2 is 1.83 bits per heavy atom. The standard InChI is InChI=1S/C10H22O.K.H/c1-5-10(4,11)8-6-7-9(2)3;;/h9,11H,5-8H2,1-4H3;;. The fourth-order valence-corrected chi connectivity index (χ4v) is 1.07. The van der Waals surface area contributed by atoms with Crippen molar-refractivity contribution in [3.8, 4) is 0 Å². The number of hydrogen-bond acceptors (Lipinski definition) is 1. The van der Waals surface area contributed by atoms with Crippen LogP contribution in [0.1, 0.15) is 53.4 Å². The van der Waals surface area contributed by atoms with Gasteiger partial charge in [-0.15, -0.1) is 0 Å². The number of hydrogen-bond donors (Lipinski definition) is 1. The van der Waals surface area contributed by atoms with Crippen molar-refractivity contribution >= 4 is 51.4 Å². The van der Waals surface area contributed by atoms with Crippen molar-refractivity contribution in [1.29, 1.82) is 0 Å². The molecule has 70 valence electrons.